The van der Waals surface area contributed by atoms with Crippen molar-refractivity contribution < 1.29 is 143 Å². The summed E-state index contributed by atoms with van der Waals surface area (Å²) in [6.07, 6.45) is -34.2. The average molecular weight is 1110 g/mol. The van der Waals surface area contributed by atoms with E-state index in [9.17, 15) is 91.6 Å². The van der Waals surface area contributed by atoms with Crippen LogP contribution in [-0.2, 0) is 33.2 Å². The maximum absolute atomic E-state index is 13.2. The standard InChI is InChI=1S/C49H58O29/c1-68-26-9-18(4-5-21(26)54)44-27(12-20-24(70-44)10-19(53)11-25(20)72-47-42(66)38(62)34(58)29(14-51)75-47)73-49-45(78-48-43(67)39(63)35(59)30(15-52)76-48)40(64)36(60)31(77-49)16-69-32(56)7-3-17-2-6-23(22(55)8-17)71-46-41(65)37(61)33(57)28(13-50)74-46/h2-12,28-31,33-43,45-52,57-67H,13-16H2,1H3,(H2-,53,54,55)/p+1/b7-3+/t28?,29?,30?,31?,33-,34-,35-,36-,37+,38+,39?,40?,41?,42?,43-,45?,46-,47-,48+,49-/m1/s1. The minimum atomic E-state index is -2.14. The van der Waals surface area contributed by atoms with Crippen molar-refractivity contribution in [3.05, 3.63) is 66.2 Å². The van der Waals surface area contributed by atoms with Gasteiger partial charge in [0.2, 0.25) is 24.6 Å². The summed E-state index contributed by atoms with van der Waals surface area (Å²) in [5, 5.41) is 179. The molecule has 4 saturated heterocycles. The third kappa shape index (κ3) is 12.1. The van der Waals surface area contributed by atoms with Crippen molar-refractivity contribution >= 4 is 23.0 Å². The lowest BCUT2D eigenvalue weighted by Crippen LogP contribution is -2.65. The fourth-order valence-corrected chi connectivity index (χ4v) is 8.81. The van der Waals surface area contributed by atoms with Gasteiger partial charge in [0.05, 0.1) is 38.6 Å². The van der Waals surface area contributed by atoms with Crippen LogP contribution in [0.3, 0.4) is 0 Å². The van der Waals surface area contributed by atoms with Crippen molar-refractivity contribution in [1.82, 2.24) is 0 Å². The molecular formula is C49H59O29+. The molecule has 5 heterocycles. The number of hydrogen-bond acceptors (Lipinski definition) is 28. The molecule has 1 aromatic heterocycles. The van der Waals surface area contributed by atoms with E-state index in [0.29, 0.717) is 0 Å². The lowest BCUT2D eigenvalue weighted by Gasteiger charge is -2.45. The lowest BCUT2D eigenvalue weighted by atomic mass is 9.97. The minimum absolute atomic E-state index is 0.0850. The highest BCUT2D eigenvalue weighted by Crippen LogP contribution is 2.44. The number of methoxy groups -OCH3 is 1. The number of aliphatic hydroxyl groups excluding tert-OH is 14. The van der Waals surface area contributed by atoms with Crippen LogP contribution in [0, 0.1) is 0 Å². The monoisotopic (exact) mass is 1110 g/mol. The van der Waals surface area contributed by atoms with E-state index in [1.54, 1.807) is 0 Å². The second-order valence-corrected chi connectivity index (χ2v) is 18.4. The van der Waals surface area contributed by atoms with Crippen LogP contribution < -0.4 is 18.9 Å². The fourth-order valence-electron chi connectivity index (χ4n) is 8.81. The number of rotatable bonds is 17. The molecule has 0 radical (unpaired) electrons. The van der Waals surface area contributed by atoms with E-state index in [0.717, 1.165) is 24.3 Å². The van der Waals surface area contributed by atoms with Gasteiger partial charge in [-0.15, -0.1) is 0 Å². The fraction of sp³-hybridized carbons (Fsp3) is 0.510. The zero-order valence-corrected chi connectivity index (χ0v) is 40.7. The Labute approximate surface area is 439 Å². The van der Waals surface area contributed by atoms with Gasteiger partial charge in [-0.1, -0.05) is 6.07 Å². The molecule has 0 bridgehead atoms. The second kappa shape index (κ2) is 24.6. The summed E-state index contributed by atoms with van der Waals surface area (Å²) in [6.45, 7) is -3.29. The molecule has 29 nitrogen and oxygen atoms in total. The van der Waals surface area contributed by atoms with Gasteiger partial charge >= 0.3 is 17.3 Å². The highest BCUT2D eigenvalue weighted by atomic mass is 16.8. The molecule has 20 atom stereocenters. The van der Waals surface area contributed by atoms with Gasteiger partial charge < -0.3 is 134 Å². The summed E-state index contributed by atoms with van der Waals surface area (Å²) in [4.78, 5) is 13.2. The maximum Gasteiger partial charge on any atom is 0.402 e. The van der Waals surface area contributed by atoms with Crippen molar-refractivity contribution in [3.8, 4) is 51.6 Å². The molecule has 0 aliphatic carbocycles. The van der Waals surface area contributed by atoms with Crippen LogP contribution in [0.25, 0.3) is 28.4 Å². The Hall–Kier alpha value is -5.88. The van der Waals surface area contributed by atoms with Crippen molar-refractivity contribution in [2.75, 3.05) is 33.5 Å². The molecule has 3 aromatic carbocycles. The van der Waals surface area contributed by atoms with Crippen LogP contribution in [0.4, 0.5) is 0 Å². The summed E-state index contributed by atoms with van der Waals surface area (Å²) < 4.78 is 63.1. The number of carbonyl (C=O) groups excluding carboxylic acids is 1. The normalized spacial score (nSPS) is 35.3. The molecular weight excluding hydrogens is 1050 g/mol. The van der Waals surface area contributed by atoms with Crippen LogP contribution in [0.2, 0.25) is 0 Å². The molecule has 0 saturated carbocycles. The van der Waals surface area contributed by atoms with Gasteiger partial charge in [-0.3, -0.25) is 0 Å². The third-order valence-electron chi connectivity index (χ3n) is 13.2. The first-order valence-corrected chi connectivity index (χ1v) is 23.9. The number of phenolic OH excluding ortho intramolecular Hbond substituents is 3. The molecule has 4 aromatic rings. The minimum Gasteiger partial charge on any atom is -0.507 e. The number of phenols is 3. The van der Waals surface area contributed by atoms with E-state index in [4.69, 9.17) is 51.8 Å². The van der Waals surface area contributed by atoms with E-state index in [1.807, 2.05) is 0 Å². The first-order valence-electron chi connectivity index (χ1n) is 23.9. The maximum atomic E-state index is 13.2. The SMILES string of the molecule is COc1cc(-c2[o+]c3cc(O)cc(O[C@@H]4OC(CO)[C@@H](O)[C@H](O)C4O)c3cc2O[C@@H]2OC(COC(=O)/C=C/c3ccc(O[C@@H]4OC(CO)[C@@H](O)[C@H](O)C4O)c(O)c3)[C@@H](O)C(O)C2O[C@@H]2OC(CO)[C@@H](O)C(O)[C@H]2O)ccc1O. The van der Waals surface area contributed by atoms with Crippen LogP contribution in [-0.4, -0.2) is 249 Å². The van der Waals surface area contributed by atoms with Gasteiger partial charge in [-0.2, -0.15) is 0 Å². The molecule has 0 spiro atoms. The molecule has 8 rings (SSSR count). The quantitative estimate of drug-likeness (QED) is 0.0268. The Kier molecular flexibility index (Phi) is 18.4. The Bertz CT molecular complexity index is 2720. The smallest absolute Gasteiger partial charge is 0.402 e. The number of fused-ring (bicyclic) bond motifs is 1. The van der Waals surface area contributed by atoms with Gasteiger partial charge in [0.1, 0.15) is 115 Å². The highest BCUT2D eigenvalue weighted by Gasteiger charge is 2.53. The molecule has 428 valence electrons. The van der Waals surface area contributed by atoms with Gasteiger partial charge in [-0.05, 0) is 35.9 Å². The Morgan fingerprint density at radius 2 is 1.08 bits per heavy atom. The first kappa shape index (κ1) is 58.3. The predicted octanol–water partition coefficient (Wildman–Crippen LogP) is -4.87. The van der Waals surface area contributed by atoms with Gasteiger partial charge in [-0.25, -0.2) is 9.21 Å². The number of aliphatic hydroxyl groups is 14. The lowest BCUT2D eigenvalue weighted by molar-refractivity contribution is -0.357. The largest absolute Gasteiger partial charge is 0.507 e. The number of esters is 1. The number of hydrogen-bond donors (Lipinski definition) is 17. The summed E-state index contributed by atoms with van der Waals surface area (Å²) in [5.41, 5.74) is 0.0885. The number of benzene rings is 3. The number of aromatic hydroxyl groups is 3. The van der Waals surface area contributed by atoms with Crippen LogP contribution in [0.5, 0.6) is 40.2 Å². The van der Waals surface area contributed by atoms with E-state index in [2.05, 4.69) is 0 Å². The summed E-state index contributed by atoms with van der Waals surface area (Å²) in [5.74, 6) is -3.75. The topological polar surface area (TPSA) is 465 Å². The molecule has 78 heavy (non-hydrogen) atoms. The Morgan fingerprint density at radius 1 is 0.538 bits per heavy atom. The van der Waals surface area contributed by atoms with Crippen molar-refractivity contribution in [2.24, 2.45) is 0 Å². The zero-order chi connectivity index (χ0) is 56.4. The average Bonchev–Trinajstić information content (AvgIpc) is 3.44. The molecule has 29 heteroatoms. The van der Waals surface area contributed by atoms with E-state index < -0.39 is 167 Å². The van der Waals surface area contributed by atoms with Gasteiger partial charge in [0, 0.05) is 24.3 Å². The Morgan fingerprint density at radius 3 is 1.65 bits per heavy atom. The highest BCUT2D eigenvalue weighted by molar-refractivity contribution is 5.89. The van der Waals surface area contributed by atoms with Crippen molar-refractivity contribution in [2.45, 2.75) is 123 Å². The van der Waals surface area contributed by atoms with Crippen LogP contribution in [0.15, 0.2) is 65.1 Å². The number of ether oxygens (including phenoxy) is 10. The molecule has 4 aliphatic rings. The molecule has 17 N–H and O–H groups in total. The van der Waals surface area contributed by atoms with Gasteiger partial charge in [0.15, 0.2) is 35.4 Å². The second-order valence-electron chi connectivity index (χ2n) is 18.4. The summed E-state index contributed by atoms with van der Waals surface area (Å²) >= 11 is 0. The van der Waals surface area contributed by atoms with E-state index in [1.165, 1.54) is 49.6 Å². The molecule has 9 unspecified atom stereocenters. The van der Waals surface area contributed by atoms with E-state index in [-0.39, 0.29) is 56.6 Å². The van der Waals surface area contributed by atoms with Crippen molar-refractivity contribution in [1.29, 1.82) is 0 Å². The van der Waals surface area contributed by atoms with Gasteiger partial charge in [0.25, 0.3) is 0 Å². The molecule has 4 aliphatic heterocycles. The first-order chi connectivity index (χ1) is 37.2. The van der Waals surface area contributed by atoms with Crippen molar-refractivity contribution in [3.63, 3.8) is 0 Å². The summed E-state index contributed by atoms with van der Waals surface area (Å²) in [6, 6.07) is 10.9. The predicted molar refractivity (Wildman–Crippen MR) is 253 cm³/mol. The summed E-state index contributed by atoms with van der Waals surface area (Å²) in [7, 11) is 1.25. The van der Waals surface area contributed by atoms with Crippen LogP contribution >= 0.6 is 0 Å². The Balaban J connectivity index is 1.09. The third-order valence-corrected chi connectivity index (χ3v) is 13.2. The van der Waals surface area contributed by atoms with E-state index >= 15 is 0 Å². The van der Waals surface area contributed by atoms with Crippen LogP contribution in [0.1, 0.15) is 5.56 Å². The zero-order valence-electron chi connectivity index (χ0n) is 40.7. The number of carbonyl (C=O) groups is 1. The molecule has 0 amide bonds. The molecule has 4 fully saturated rings.